The molecule has 0 saturated carbocycles. The zero-order valence-electron chi connectivity index (χ0n) is 10.7. The largest absolute Gasteiger partial charge is 0.304 e. The van der Waals surface area contributed by atoms with E-state index in [9.17, 15) is 0 Å². The molecule has 3 rings (SSSR count). The topological polar surface area (TPSA) is 12.0 Å². The Bertz CT molecular complexity index is 628. The van der Waals surface area contributed by atoms with E-state index >= 15 is 0 Å². The lowest BCUT2D eigenvalue weighted by Gasteiger charge is -2.16. The van der Waals surface area contributed by atoms with E-state index in [1.165, 1.54) is 19.1 Å². The molecular formula is C15H14BrNS3. The average molecular weight is 384 g/mol. The van der Waals surface area contributed by atoms with Crippen LogP contribution in [-0.2, 0) is 13.0 Å². The van der Waals surface area contributed by atoms with Gasteiger partial charge < -0.3 is 5.32 Å². The first-order chi connectivity index (χ1) is 9.81. The van der Waals surface area contributed by atoms with Crippen molar-refractivity contribution >= 4 is 49.9 Å². The highest BCUT2D eigenvalue weighted by molar-refractivity contribution is 9.10. The first-order valence-electron chi connectivity index (χ1n) is 6.33. The van der Waals surface area contributed by atoms with Crippen molar-refractivity contribution < 1.29 is 0 Å². The lowest BCUT2D eigenvalue weighted by atomic mass is 10.1. The third-order valence-corrected chi connectivity index (χ3v) is 6.60. The van der Waals surface area contributed by atoms with E-state index in [2.05, 4.69) is 67.7 Å². The molecule has 0 spiro atoms. The third-order valence-electron chi connectivity index (χ3n) is 3.02. The van der Waals surface area contributed by atoms with Crippen LogP contribution in [0.25, 0.3) is 0 Å². The van der Waals surface area contributed by atoms with Crippen LogP contribution in [0.4, 0.5) is 0 Å². The van der Waals surface area contributed by atoms with E-state index in [0.717, 1.165) is 13.0 Å². The van der Waals surface area contributed by atoms with Crippen LogP contribution in [0.5, 0.6) is 0 Å². The lowest BCUT2D eigenvalue weighted by Crippen LogP contribution is -2.21. The first kappa shape index (κ1) is 14.5. The fourth-order valence-corrected chi connectivity index (χ4v) is 5.02. The number of halogens is 1. The Morgan fingerprint density at radius 2 is 1.90 bits per heavy atom. The van der Waals surface area contributed by atoms with Gasteiger partial charge in [0.15, 0.2) is 0 Å². The fourth-order valence-electron chi connectivity index (χ4n) is 2.06. The van der Waals surface area contributed by atoms with Crippen LogP contribution < -0.4 is 5.32 Å². The number of hydrogen-bond donors (Lipinski definition) is 1. The molecule has 0 aliphatic heterocycles. The highest BCUT2D eigenvalue weighted by atomic mass is 79.9. The van der Waals surface area contributed by atoms with Crippen molar-refractivity contribution in [3.05, 3.63) is 65.6 Å². The minimum Gasteiger partial charge on any atom is -0.304 e. The highest BCUT2D eigenvalue weighted by Gasteiger charge is 2.14. The monoisotopic (exact) mass is 383 g/mol. The molecule has 1 N–H and O–H groups in total. The fraction of sp³-hybridized carbons (Fsp3) is 0.200. The minimum absolute atomic E-state index is 0.398. The van der Waals surface area contributed by atoms with Gasteiger partial charge in [0, 0.05) is 43.5 Å². The summed E-state index contributed by atoms with van der Waals surface area (Å²) in [7, 11) is 0. The van der Waals surface area contributed by atoms with E-state index in [1.807, 2.05) is 22.7 Å². The predicted octanol–water partition coefficient (Wildman–Crippen LogP) is 5.71. The quantitative estimate of drug-likeness (QED) is 0.574. The molecule has 0 radical (unpaired) electrons. The molecule has 0 aliphatic carbocycles. The maximum Gasteiger partial charge on any atom is 0.0466 e. The van der Waals surface area contributed by atoms with Crippen LogP contribution in [0.3, 0.4) is 0 Å². The van der Waals surface area contributed by atoms with Crippen LogP contribution in [0, 0.1) is 0 Å². The molecule has 1 atom stereocenters. The predicted molar refractivity (Wildman–Crippen MR) is 93.9 cm³/mol. The number of rotatable bonds is 6. The summed E-state index contributed by atoms with van der Waals surface area (Å²) in [5.41, 5.74) is 0. The van der Waals surface area contributed by atoms with Gasteiger partial charge in [-0.05, 0) is 44.9 Å². The second-order valence-electron chi connectivity index (χ2n) is 4.46. The number of nitrogens with one attached hydrogen (secondary N) is 1. The summed E-state index contributed by atoms with van der Waals surface area (Å²) in [6.45, 7) is 0.921. The van der Waals surface area contributed by atoms with E-state index in [-0.39, 0.29) is 0 Å². The van der Waals surface area contributed by atoms with Gasteiger partial charge in [-0.25, -0.2) is 0 Å². The van der Waals surface area contributed by atoms with Crippen molar-refractivity contribution in [3.8, 4) is 0 Å². The van der Waals surface area contributed by atoms with Gasteiger partial charge in [-0.3, -0.25) is 0 Å². The van der Waals surface area contributed by atoms with Gasteiger partial charge in [0.1, 0.15) is 0 Å². The van der Waals surface area contributed by atoms with Gasteiger partial charge in [-0.15, -0.1) is 34.0 Å². The van der Waals surface area contributed by atoms with Crippen LogP contribution >= 0.6 is 49.9 Å². The van der Waals surface area contributed by atoms with Crippen molar-refractivity contribution in [2.75, 3.05) is 0 Å². The SMILES string of the molecule is Brc1csc(CNC(Cc2cccs2)c2cccs2)c1. The maximum atomic E-state index is 3.70. The summed E-state index contributed by atoms with van der Waals surface area (Å²) in [6, 6.07) is 11.3. The molecular weight excluding hydrogens is 370 g/mol. The van der Waals surface area contributed by atoms with E-state index in [1.54, 1.807) is 11.3 Å². The molecule has 0 saturated heterocycles. The number of hydrogen-bond acceptors (Lipinski definition) is 4. The van der Waals surface area contributed by atoms with E-state index < -0.39 is 0 Å². The molecule has 0 amide bonds. The normalized spacial score (nSPS) is 12.7. The molecule has 5 heteroatoms. The van der Waals surface area contributed by atoms with Crippen molar-refractivity contribution in [1.82, 2.24) is 5.32 Å². The Morgan fingerprint density at radius 1 is 1.05 bits per heavy atom. The molecule has 104 valence electrons. The number of thiophene rings is 3. The molecule has 0 bridgehead atoms. The van der Waals surface area contributed by atoms with E-state index in [0.29, 0.717) is 6.04 Å². The van der Waals surface area contributed by atoms with Gasteiger partial charge in [-0.1, -0.05) is 12.1 Å². The van der Waals surface area contributed by atoms with Gasteiger partial charge in [0.05, 0.1) is 0 Å². The van der Waals surface area contributed by atoms with Crippen LogP contribution in [-0.4, -0.2) is 0 Å². The Balaban J connectivity index is 1.69. The second-order valence-corrected chi connectivity index (χ2v) is 8.39. The van der Waals surface area contributed by atoms with Crippen LogP contribution in [0.1, 0.15) is 20.7 Å². The summed E-state index contributed by atoms with van der Waals surface area (Å²) < 4.78 is 1.17. The first-order valence-corrected chi connectivity index (χ1v) is 9.76. The summed E-state index contributed by atoms with van der Waals surface area (Å²) in [5.74, 6) is 0. The zero-order valence-corrected chi connectivity index (χ0v) is 14.7. The standard InChI is InChI=1S/C15H14BrNS3/c16-11-7-13(20-10-11)9-17-14(15-4-2-6-19-15)8-12-3-1-5-18-12/h1-7,10,14,17H,8-9H2. The Hall–Kier alpha value is -0.460. The second kappa shape index (κ2) is 7.00. The third kappa shape index (κ3) is 3.80. The van der Waals surface area contributed by atoms with Gasteiger partial charge >= 0.3 is 0 Å². The summed E-state index contributed by atoms with van der Waals surface area (Å²) >= 11 is 8.97. The molecule has 3 aromatic heterocycles. The van der Waals surface area contributed by atoms with E-state index in [4.69, 9.17) is 0 Å². The molecule has 3 aromatic rings. The Kier molecular flexibility index (Phi) is 5.07. The van der Waals surface area contributed by atoms with Gasteiger partial charge in [0.25, 0.3) is 0 Å². The highest BCUT2D eigenvalue weighted by Crippen LogP contribution is 2.26. The molecule has 20 heavy (non-hydrogen) atoms. The summed E-state index contributed by atoms with van der Waals surface area (Å²) in [5, 5.41) is 10.1. The molecule has 0 fully saturated rings. The van der Waals surface area contributed by atoms with Crippen LogP contribution in [0.2, 0.25) is 0 Å². The van der Waals surface area contributed by atoms with Crippen molar-refractivity contribution in [1.29, 1.82) is 0 Å². The zero-order chi connectivity index (χ0) is 13.8. The molecule has 1 nitrogen and oxygen atoms in total. The maximum absolute atomic E-state index is 3.70. The summed E-state index contributed by atoms with van der Waals surface area (Å²) in [6.07, 6.45) is 1.06. The van der Waals surface area contributed by atoms with Crippen molar-refractivity contribution in [3.63, 3.8) is 0 Å². The van der Waals surface area contributed by atoms with Gasteiger partial charge in [0.2, 0.25) is 0 Å². The minimum atomic E-state index is 0.398. The Morgan fingerprint density at radius 3 is 2.55 bits per heavy atom. The molecule has 1 unspecified atom stereocenters. The van der Waals surface area contributed by atoms with Crippen LogP contribution in [0.15, 0.2) is 50.9 Å². The smallest absolute Gasteiger partial charge is 0.0466 e. The molecule has 3 heterocycles. The summed E-state index contributed by atoms with van der Waals surface area (Å²) in [4.78, 5) is 4.21. The van der Waals surface area contributed by atoms with Crippen molar-refractivity contribution in [2.45, 2.75) is 19.0 Å². The Labute approximate surface area is 139 Å². The molecule has 0 aliphatic rings. The molecule has 0 aromatic carbocycles. The lowest BCUT2D eigenvalue weighted by molar-refractivity contribution is 0.545. The van der Waals surface area contributed by atoms with Gasteiger partial charge in [-0.2, -0.15) is 0 Å². The van der Waals surface area contributed by atoms with Crippen molar-refractivity contribution in [2.24, 2.45) is 0 Å². The average Bonchev–Trinajstić information content (AvgIpc) is 3.17.